The van der Waals surface area contributed by atoms with Gasteiger partial charge in [-0.3, -0.25) is 15.3 Å². The molecule has 0 saturated carbocycles. The standard InChI is InChI=1S/C18H17BrN4O/c1-12-5-3-8-16(9-12)23(11-24)22-15-7-4-6-14(10-15)18-17(19)13(2)20-21-18/h3-11,22H,1-2H3,(H,20,21). The second-order valence-corrected chi connectivity index (χ2v) is 6.31. The molecule has 0 saturated heterocycles. The summed E-state index contributed by atoms with van der Waals surface area (Å²) in [5, 5.41) is 8.72. The predicted octanol–water partition coefficient (Wildman–Crippen LogP) is 4.45. The van der Waals surface area contributed by atoms with E-state index in [1.54, 1.807) is 0 Å². The van der Waals surface area contributed by atoms with Gasteiger partial charge in [-0.15, -0.1) is 0 Å². The van der Waals surface area contributed by atoms with Crippen LogP contribution in [-0.4, -0.2) is 16.6 Å². The van der Waals surface area contributed by atoms with E-state index >= 15 is 0 Å². The number of carbonyl (C=O) groups excluding carboxylic acids is 1. The van der Waals surface area contributed by atoms with Gasteiger partial charge >= 0.3 is 0 Å². The van der Waals surface area contributed by atoms with Crippen molar-refractivity contribution in [1.82, 2.24) is 10.2 Å². The maximum absolute atomic E-state index is 11.5. The van der Waals surface area contributed by atoms with E-state index in [1.807, 2.05) is 62.4 Å². The van der Waals surface area contributed by atoms with Crippen molar-refractivity contribution >= 4 is 33.7 Å². The molecule has 3 rings (SSSR count). The molecule has 3 aromatic rings. The molecule has 0 atom stereocenters. The maximum Gasteiger partial charge on any atom is 0.232 e. The lowest BCUT2D eigenvalue weighted by Crippen LogP contribution is -2.28. The number of aromatic nitrogens is 2. The molecule has 0 radical (unpaired) electrons. The van der Waals surface area contributed by atoms with E-state index in [1.165, 1.54) is 5.01 Å². The Labute approximate surface area is 148 Å². The Kier molecular flexibility index (Phi) is 4.66. The molecule has 1 aromatic heterocycles. The Morgan fingerprint density at radius 3 is 2.62 bits per heavy atom. The van der Waals surface area contributed by atoms with Gasteiger partial charge in [-0.1, -0.05) is 24.3 Å². The lowest BCUT2D eigenvalue weighted by Gasteiger charge is -2.20. The first-order chi connectivity index (χ1) is 11.6. The Bertz CT molecular complexity index is 875. The van der Waals surface area contributed by atoms with Gasteiger partial charge in [0.05, 0.1) is 15.8 Å². The summed E-state index contributed by atoms with van der Waals surface area (Å²) in [4.78, 5) is 11.5. The molecule has 2 N–H and O–H groups in total. The number of H-pyrrole nitrogens is 1. The van der Waals surface area contributed by atoms with Gasteiger partial charge in [0.15, 0.2) is 0 Å². The summed E-state index contributed by atoms with van der Waals surface area (Å²) < 4.78 is 0.936. The third kappa shape index (κ3) is 3.33. The Hall–Kier alpha value is -2.60. The van der Waals surface area contributed by atoms with Gasteiger partial charge < -0.3 is 0 Å². The number of carbonyl (C=O) groups is 1. The zero-order valence-corrected chi connectivity index (χ0v) is 15.0. The molecule has 0 bridgehead atoms. The monoisotopic (exact) mass is 384 g/mol. The van der Waals surface area contributed by atoms with Crippen molar-refractivity contribution in [3.05, 3.63) is 64.3 Å². The molecule has 2 aromatic carbocycles. The molecule has 24 heavy (non-hydrogen) atoms. The van der Waals surface area contributed by atoms with E-state index in [9.17, 15) is 4.79 Å². The number of nitrogens with zero attached hydrogens (tertiary/aromatic N) is 2. The Balaban J connectivity index is 1.88. The first-order valence-electron chi connectivity index (χ1n) is 7.47. The molecular weight excluding hydrogens is 368 g/mol. The zero-order valence-electron chi connectivity index (χ0n) is 13.4. The smallest absolute Gasteiger partial charge is 0.232 e. The first-order valence-corrected chi connectivity index (χ1v) is 8.26. The molecule has 0 aliphatic carbocycles. The van der Waals surface area contributed by atoms with E-state index in [-0.39, 0.29) is 0 Å². The zero-order chi connectivity index (χ0) is 17.1. The average molecular weight is 385 g/mol. The number of rotatable bonds is 5. The number of hydrazine groups is 1. The van der Waals surface area contributed by atoms with Crippen molar-refractivity contribution in [1.29, 1.82) is 0 Å². The highest BCUT2D eigenvalue weighted by Crippen LogP contribution is 2.30. The molecule has 1 heterocycles. The van der Waals surface area contributed by atoms with Crippen LogP contribution in [0.25, 0.3) is 11.3 Å². The summed E-state index contributed by atoms with van der Waals surface area (Å²) in [7, 11) is 0. The summed E-state index contributed by atoms with van der Waals surface area (Å²) in [5.41, 5.74) is 8.55. The van der Waals surface area contributed by atoms with Crippen LogP contribution in [0.3, 0.4) is 0 Å². The molecule has 6 heteroatoms. The minimum Gasteiger partial charge on any atom is -0.292 e. The fourth-order valence-corrected chi connectivity index (χ4v) is 2.82. The number of aryl methyl sites for hydroxylation is 2. The fraction of sp³-hybridized carbons (Fsp3) is 0.111. The summed E-state index contributed by atoms with van der Waals surface area (Å²) in [6.45, 7) is 3.94. The van der Waals surface area contributed by atoms with Crippen molar-refractivity contribution in [2.24, 2.45) is 0 Å². The van der Waals surface area contributed by atoms with Gasteiger partial charge in [0.1, 0.15) is 5.69 Å². The Morgan fingerprint density at radius 2 is 1.96 bits per heavy atom. The van der Waals surface area contributed by atoms with E-state index < -0.39 is 0 Å². The molecule has 0 aliphatic rings. The average Bonchev–Trinajstić information content (AvgIpc) is 2.92. The Morgan fingerprint density at radius 1 is 1.17 bits per heavy atom. The summed E-state index contributed by atoms with van der Waals surface area (Å²) in [6, 6.07) is 15.5. The van der Waals surface area contributed by atoms with Gasteiger partial charge in [-0.05, 0) is 59.6 Å². The number of anilines is 2. The number of amides is 1. The van der Waals surface area contributed by atoms with Gasteiger partial charge in [0, 0.05) is 11.3 Å². The second kappa shape index (κ2) is 6.88. The number of benzene rings is 2. The molecule has 0 unspecified atom stereocenters. The number of halogens is 1. The minimum atomic E-state index is 0.760. The third-order valence-electron chi connectivity index (χ3n) is 3.64. The minimum absolute atomic E-state index is 0.760. The molecule has 5 nitrogen and oxygen atoms in total. The molecule has 1 amide bonds. The van der Waals surface area contributed by atoms with Crippen LogP contribution < -0.4 is 10.4 Å². The maximum atomic E-state index is 11.5. The van der Waals surface area contributed by atoms with E-state index in [2.05, 4.69) is 31.6 Å². The van der Waals surface area contributed by atoms with Gasteiger partial charge in [0.25, 0.3) is 0 Å². The van der Waals surface area contributed by atoms with Crippen molar-refractivity contribution in [3.8, 4) is 11.3 Å². The molecular formula is C18H17BrN4O. The lowest BCUT2D eigenvalue weighted by molar-refractivity contribution is -0.107. The van der Waals surface area contributed by atoms with Gasteiger partial charge in [-0.2, -0.15) is 5.10 Å². The van der Waals surface area contributed by atoms with Gasteiger partial charge in [0.2, 0.25) is 6.41 Å². The van der Waals surface area contributed by atoms with Crippen LogP contribution in [0.2, 0.25) is 0 Å². The normalized spacial score (nSPS) is 10.5. The van der Waals surface area contributed by atoms with Crippen LogP contribution in [0.15, 0.2) is 53.0 Å². The highest BCUT2D eigenvalue weighted by molar-refractivity contribution is 9.10. The van der Waals surface area contributed by atoms with Crippen LogP contribution in [0.1, 0.15) is 11.3 Å². The van der Waals surface area contributed by atoms with E-state index in [0.717, 1.165) is 44.8 Å². The van der Waals surface area contributed by atoms with Crippen LogP contribution >= 0.6 is 15.9 Å². The highest BCUT2D eigenvalue weighted by atomic mass is 79.9. The second-order valence-electron chi connectivity index (χ2n) is 5.52. The summed E-state index contributed by atoms with van der Waals surface area (Å²) in [5.74, 6) is 0. The van der Waals surface area contributed by atoms with Crippen molar-refractivity contribution in [2.45, 2.75) is 13.8 Å². The van der Waals surface area contributed by atoms with Gasteiger partial charge in [-0.25, -0.2) is 5.01 Å². The highest BCUT2D eigenvalue weighted by Gasteiger charge is 2.11. The quantitative estimate of drug-likeness (QED) is 0.504. The van der Waals surface area contributed by atoms with Crippen LogP contribution in [-0.2, 0) is 4.79 Å². The van der Waals surface area contributed by atoms with Crippen molar-refractivity contribution in [3.63, 3.8) is 0 Å². The fourth-order valence-electron chi connectivity index (χ4n) is 2.41. The van der Waals surface area contributed by atoms with Crippen molar-refractivity contribution < 1.29 is 4.79 Å². The number of hydrogen-bond acceptors (Lipinski definition) is 3. The predicted molar refractivity (Wildman–Crippen MR) is 99.8 cm³/mol. The molecule has 122 valence electrons. The molecule has 0 spiro atoms. The van der Waals surface area contributed by atoms with Crippen LogP contribution in [0, 0.1) is 13.8 Å². The first kappa shape index (κ1) is 16.3. The summed E-state index contributed by atoms with van der Waals surface area (Å²) >= 11 is 3.54. The SMILES string of the molecule is Cc1cccc(N(C=O)Nc2cccc(-c3n[nH]c(C)c3Br)c2)c1. The topological polar surface area (TPSA) is 61.0 Å². The number of nitrogens with one attached hydrogen (secondary N) is 2. The van der Waals surface area contributed by atoms with E-state index in [4.69, 9.17) is 0 Å². The molecule has 0 aliphatic heterocycles. The molecule has 0 fully saturated rings. The number of aromatic amines is 1. The summed E-state index contributed by atoms with van der Waals surface area (Å²) in [6.07, 6.45) is 0.760. The van der Waals surface area contributed by atoms with E-state index in [0.29, 0.717) is 0 Å². The number of hydrogen-bond donors (Lipinski definition) is 2. The van der Waals surface area contributed by atoms with Crippen LogP contribution in [0.4, 0.5) is 11.4 Å². The third-order valence-corrected chi connectivity index (χ3v) is 4.61. The largest absolute Gasteiger partial charge is 0.292 e. The van der Waals surface area contributed by atoms with Crippen molar-refractivity contribution in [2.75, 3.05) is 10.4 Å². The lowest BCUT2D eigenvalue weighted by atomic mass is 10.1. The van der Waals surface area contributed by atoms with Crippen LogP contribution in [0.5, 0.6) is 0 Å².